The van der Waals surface area contributed by atoms with Crippen molar-refractivity contribution in [3.05, 3.63) is 22.2 Å². The van der Waals surface area contributed by atoms with Gasteiger partial charge in [0.2, 0.25) is 0 Å². The molecule has 0 saturated carbocycles. The highest BCUT2D eigenvalue weighted by molar-refractivity contribution is 9.10. The molecule has 2 rings (SSSR count). The number of benzene rings is 1. The number of carbonyl (C=O) groups excluding carboxylic acids is 1. The van der Waals surface area contributed by atoms with Gasteiger partial charge in [0.15, 0.2) is 17.6 Å². The van der Waals surface area contributed by atoms with Gasteiger partial charge in [-0.15, -0.1) is 0 Å². The number of halogens is 1. The van der Waals surface area contributed by atoms with Crippen LogP contribution in [0.4, 0.5) is 0 Å². The summed E-state index contributed by atoms with van der Waals surface area (Å²) in [4.78, 5) is 11.4. The molecule has 1 aliphatic rings. The van der Waals surface area contributed by atoms with Gasteiger partial charge in [0, 0.05) is 6.42 Å². The van der Waals surface area contributed by atoms with Crippen molar-refractivity contribution >= 4 is 21.9 Å². The number of hydrogen-bond acceptors (Lipinski definition) is 5. The molecular formula is C12H13BrO5. The Balaban J connectivity index is 2.28. The van der Waals surface area contributed by atoms with Gasteiger partial charge in [0.05, 0.1) is 24.8 Å². The van der Waals surface area contributed by atoms with Crippen molar-refractivity contribution in [2.24, 2.45) is 0 Å². The molecule has 1 N–H and O–H groups in total. The Kier molecular flexibility index (Phi) is 4.08. The second kappa shape index (κ2) is 5.58. The Bertz CT molecular complexity index is 460. The third-order valence-corrected chi connectivity index (χ3v) is 3.21. The van der Waals surface area contributed by atoms with Gasteiger partial charge < -0.3 is 19.3 Å². The van der Waals surface area contributed by atoms with E-state index in [0.29, 0.717) is 34.6 Å². The molecule has 6 heteroatoms. The molecule has 0 aliphatic carbocycles. The van der Waals surface area contributed by atoms with E-state index < -0.39 is 6.10 Å². The van der Waals surface area contributed by atoms with Gasteiger partial charge in [0.1, 0.15) is 0 Å². The standard InChI is InChI=1S/C12H13BrO5/c1-16-10-5-7(6-14)4-8(13)11(10)18-9-2-3-17-12(9)15/h4-5,9,14H,2-3,6H2,1H3. The quantitative estimate of drug-likeness (QED) is 0.856. The Morgan fingerprint density at radius 2 is 2.33 bits per heavy atom. The van der Waals surface area contributed by atoms with E-state index >= 15 is 0 Å². The lowest BCUT2D eigenvalue weighted by Crippen LogP contribution is -2.22. The van der Waals surface area contributed by atoms with Crippen LogP contribution in [0.25, 0.3) is 0 Å². The van der Waals surface area contributed by atoms with E-state index in [-0.39, 0.29) is 12.6 Å². The summed E-state index contributed by atoms with van der Waals surface area (Å²) in [6, 6.07) is 3.39. The first kappa shape index (κ1) is 13.2. The van der Waals surface area contributed by atoms with E-state index in [1.165, 1.54) is 7.11 Å². The number of hydrogen-bond donors (Lipinski definition) is 1. The molecule has 18 heavy (non-hydrogen) atoms. The summed E-state index contributed by atoms with van der Waals surface area (Å²) in [5.41, 5.74) is 0.695. The summed E-state index contributed by atoms with van der Waals surface area (Å²) in [7, 11) is 1.50. The zero-order valence-corrected chi connectivity index (χ0v) is 11.4. The molecule has 1 fully saturated rings. The van der Waals surface area contributed by atoms with Crippen LogP contribution in [0.15, 0.2) is 16.6 Å². The fourth-order valence-electron chi connectivity index (χ4n) is 1.71. The molecular weight excluding hydrogens is 304 g/mol. The number of carbonyl (C=O) groups is 1. The average Bonchev–Trinajstić information content (AvgIpc) is 2.77. The Morgan fingerprint density at radius 1 is 1.56 bits per heavy atom. The molecule has 98 valence electrons. The molecule has 1 saturated heterocycles. The second-order valence-corrected chi connectivity index (χ2v) is 4.68. The Hall–Kier alpha value is -1.27. The van der Waals surface area contributed by atoms with Gasteiger partial charge in [-0.05, 0) is 33.6 Å². The van der Waals surface area contributed by atoms with Gasteiger partial charge in [-0.25, -0.2) is 4.79 Å². The molecule has 1 atom stereocenters. The summed E-state index contributed by atoms with van der Waals surface area (Å²) >= 11 is 3.34. The van der Waals surface area contributed by atoms with Crippen molar-refractivity contribution in [2.45, 2.75) is 19.1 Å². The van der Waals surface area contributed by atoms with E-state index in [1.54, 1.807) is 12.1 Å². The summed E-state index contributed by atoms with van der Waals surface area (Å²) < 4.78 is 16.3. The highest BCUT2D eigenvalue weighted by atomic mass is 79.9. The summed E-state index contributed by atoms with van der Waals surface area (Å²) in [6.07, 6.45) is -0.0777. The molecule has 0 amide bonds. The Labute approximate surface area is 113 Å². The van der Waals surface area contributed by atoms with Crippen LogP contribution >= 0.6 is 15.9 Å². The van der Waals surface area contributed by atoms with E-state index in [0.717, 1.165) is 0 Å². The van der Waals surface area contributed by atoms with Gasteiger partial charge in [-0.1, -0.05) is 0 Å². The second-order valence-electron chi connectivity index (χ2n) is 3.83. The minimum absolute atomic E-state index is 0.0965. The third-order valence-electron chi connectivity index (χ3n) is 2.62. The summed E-state index contributed by atoms with van der Waals surface area (Å²) in [5.74, 6) is 0.543. The number of esters is 1. The SMILES string of the molecule is COc1cc(CO)cc(Br)c1OC1CCOC1=O. The first-order valence-electron chi connectivity index (χ1n) is 5.46. The highest BCUT2D eigenvalue weighted by Crippen LogP contribution is 2.38. The van der Waals surface area contributed by atoms with Gasteiger partial charge >= 0.3 is 5.97 Å². The van der Waals surface area contributed by atoms with Crippen LogP contribution in [0.2, 0.25) is 0 Å². The number of methoxy groups -OCH3 is 1. The lowest BCUT2D eigenvalue weighted by atomic mass is 10.2. The van der Waals surface area contributed by atoms with Crippen molar-refractivity contribution in [1.29, 1.82) is 0 Å². The third kappa shape index (κ3) is 2.59. The molecule has 0 aromatic heterocycles. The van der Waals surface area contributed by atoms with Crippen LogP contribution < -0.4 is 9.47 Å². The molecule has 1 aliphatic heterocycles. The molecule has 1 aromatic carbocycles. The maximum atomic E-state index is 11.4. The van der Waals surface area contributed by atoms with Crippen LogP contribution in [0.1, 0.15) is 12.0 Å². The number of ether oxygens (including phenoxy) is 3. The maximum Gasteiger partial charge on any atom is 0.347 e. The smallest absolute Gasteiger partial charge is 0.347 e. The first-order chi connectivity index (χ1) is 8.65. The first-order valence-corrected chi connectivity index (χ1v) is 6.25. The molecule has 1 aromatic rings. The molecule has 1 unspecified atom stereocenters. The van der Waals surface area contributed by atoms with Crippen LogP contribution in [-0.2, 0) is 16.1 Å². The minimum Gasteiger partial charge on any atom is -0.493 e. The summed E-state index contributed by atoms with van der Waals surface area (Å²) in [5, 5.41) is 9.11. The zero-order valence-electron chi connectivity index (χ0n) is 9.81. The van der Waals surface area contributed by atoms with Crippen molar-refractivity contribution < 1.29 is 24.1 Å². The van der Waals surface area contributed by atoms with Crippen molar-refractivity contribution in [3.8, 4) is 11.5 Å². The molecule has 0 radical (unpaired) electrons. The average molecular weight is 317 g/mol. The zero-order chi connectivity index (χ0) is 13.1. The van der Waals surface area contributed by atoms with E-state index in [2.05, 4.69) is 15.9 Å². The predicted octanol–water partition coefficient (Wildman–Crippen LogP) is 1.64. The van der Waals surface area contributed by atoms with Crippen LogP contribution in [0, 0.1) is 0 Å². The number of rotatable bonds is 4. The van der Waals surface area contributed by atoms with Crippen molar-refractivity contribution in [2.75, 3.05) is 13.7 Å². The van der Waals surface area contributed by atoms with Gasteiger partial charge in [-0.3, -0.25) is 0 Å². The van der Waals surface area contributed by atoms with E-state index in [4.69, 9.17) is 19.3 Å². The number of cyclic esters (lactones) is 1. The van der Waals surface area contributed by atoms with Crippen molar-refractivity contribution in [1.82, 2.24) is 0 Å². The minimum atomic E-state index is -0.602. The predicted molar refractivity (Wildman–Crippen MR) is 66.6 cm³/mol. The topological polar surface area (TPSA) is 65.0 Å². The number of aliphatic hydroxyl groups is 1. The van der Waals surface area contributed by atoms with E-state index in [9.17, 15) is 4.79 Å². The highest BCUT2D eigenvalue weighted by Gasteiger charge is 2.30. The summed E-state index contributed by atoms with van der Waals surface area (Å²) in [6.45, 7) is 0.277. The van der Waals surface area contributed by atoms with Crippen molar-refractivity contribution in [3.63, 3.8) is 0 Å². The molecule has 0 bridgehead atoms. The van der Waals surface area contributed by atoms with Crippen LogP contribution in [0.3, 0.4) is 0 Å². The number of aliphatic hydroxyl groups excluding tert-OH is 1. The van der Waals surface area contributed by atoms with Crippen LogP contribution in [-0.4, -0.2) is 30.9 Å². The molecule has 0 spiro atoms. The molecule has 5 nitrogen and oxygen atoms in total. The Morgan fingerprint density at radius 3 is 2.89 bits per heavy atom. The normalized spacial score (nSPS) is 18.6. The molecule has 1 heterocycles. The monoisotopic (exact) mass is 316 g/mol. The van der Waals surface area contributed by atoms with Gasteiger partial charge in [0.25, 0.3) is 0 Å². The van der Waals surface area contributed by atoms with Gasteiger partial charge in [-0.2, -0.15) is 0 Å². The van der Waals surface area contributed by atoms with Crippen LogP contribution in [0.5, 0.6) is 11.5 Å². The lowest BCUT2D eigenvalue weighted by molar-refractivity contribution is -0.143. The largest absolute Gasteiger partial charge is 0.493 e. The fourth-order valence-corrected chi connectivity index (χ4v) is 2.29. The lowest BCUT2D eigenvalue weighted by Gasteiger charge is -2.16. The van der Waals surface area contributed by atoms with E-state index in [1.807, 2.05) is 0 Å². The fraction of sp³-hybridized carbons (Fsp3) is 0.417. The maximum absolute atomic E-state index is 11.4.